The van der Waals surface area contributed by atoms with E-state index in [0.717, 1.165) is 34.3 Å². The quantitative estimate of drug-likeness (QED) is 0.473. The van der Waals surface area contributed by atoms with E-state index in [1.807, 2.05) is 6.92 Å². The molecule has 0 aromatic heterocycles. The lowest BCUT2D eigenvalue weighted by Gasteiger charge is -2.44. The van der Waals surface area contributed by atoms with Crippen molar-refractivity contribution in [3.05, 3.63) is 0 Å². The molecule has 1 saturated carbocycles. The Labute approximate surface area is 149 Å². The van der Waals surface area contributed by atoms with Crippen molar-refractivity contribution in [2.24, 2.45) is 17.3 Å². The van der Waals surface area contributed by atoms with Crippen LogP contribution in [0.4, 0.5) is 0 Å². The third-order valence-corrected chi connectivity index (χ3v) is 7.16. The van der Waals surface area contributed by atoms with Crippen molar-refractivity contribution in [1.29, 1.82) is 0 Å². The number of hydrogen-bond acceptors (Lipinski definition) is 1. The van der Waals surface area contributed by atoms with Gasteiger partial charge in [0, 0.05) is 0 Å². The molecule has 0 heterocycles. The molecule has 23 heavy (non-hydrogen) atoms. The molecule has 0 saturated heterocycles. The summed E-state index contributed by atoms with van der Waals surface area (Å²) in [4.78, 5) is 0. The molecule has 6 unspecified atom stereocenters. The van der Waals surface area contributed by atoms with E-state index in [1.165, 1.54) is 12.8 Å². The van der Waals surface area contributed by atoms with Crippen LogP contribution < -0.4 is 0 Å². The molecule has 1 aliphatic rings. The van der Waals surface area contributed by atoms with Crippen LogP contribution in [0.2, 0.25) is 5.31 Å². The topological polar surface area (TPSA) is 20.2 Å². The zero-order valence-corrected chi connectivity index (χ0v) is 17.9. The van der Waals surface area contributed by atoms with Gasteiger partial charge in [0.25, 0.3) is 0 Å². The lowest BCUT2D eigenvalue weighted by atomic mass is 9.56. The van der Waals surface area contributed by atoms with Gasteiger partial charge < -0.3 is 5.11 Å². The maximum Gasteiger partial charge on any atom is 0.0742 e. The highest BCUT2D eigenvalue weighted by Gasteiger charge is 2.39. The first-order valence-electron chi connectivity index (χ1n) is 9.38. The summed E-state index contributed by atoms with van der Waals surface area (Å²) in [5.74, 6) is 1.22. The van der Waals surface area contributed by atoms with Gasteiger partial charge in [-0.1, -0.05) is 59.7 Å². The van der Waals surface area contributed by atoms with Gasteiger partial charge in [-0.15, -0.1) is 8.58 Å². The molecule has 0 aromatic carbocycles. The molecule has 0 bridgehead atoms. The van der Waals surface area contributed by atoms with E-state index < -0.39 is 5.60 Å². The molecule has 1 rings (SSSR count). The van der Waals surface area contributed by atoms with Crippen molar-refractivity contribution in [3.8, 4) is 0 Å². The molecule has 6 atom stereocenters. The van der Waals surface area contributed by atoms with Crippen LogP contribution in [-0.4, -0.2) is 30.4 Å². The van der Waals surface area contributed by atoms with Gasteiger partial charge in [-0.05, 0) is 61.7 Å². The van der Waals surface area contributed by atoms with E-state index in [4.69, 9.17) is 7.85 Å². The highest BCUT2D eigenvalue weighted by atomic mass is 31.1. The largest absolute Gasteiger partial charge is 0.390 e. The van der Waals surface area contributed by atoms with Gasteiger partial charge >= 0.3 is 0 Å². The van der Waals surface area contributed by atoms with E-state index >= 15 is 0 Å². The summed E-state index contributed by atoms with van der Waals surface area (Å²) < 4.78 is 0. The summed E-state index contributed by atoms with van der Waals surface area (Å²) >= 11 is 0. The zero-order chi connectivity index (χ0) is 18.1. The van der Waals surface area contributed by atoms with E-state index in [-0.39, 0.29) is 10.7 Å². The van der Waals surface area contributed by atoms with Gasteiger partial charge in [0.1, 0.15) is 0 Å². The summed E-state index contributed by atoms with van der Waals surface area (Å²) in [5.41, 5.74) is -0.525. The van der Waals surface area contributed by atoms with Gasteiger partial charge in [0.2, 0.25) is 0 Å². The van der Waals surface area contributed by atoms with Crippen molar-refractivity contribution in [2.45, 2.75) is 103 Å². The summed E-state index contributed by atoms with van der Waals surface area (Å²) in [6, 6.07) is 0. The lowest BCUT2D eigenvalue weighted by molar-refractivity contribution is -0.0127. The van der Waals surface area contributed by atoms with E-state index in [0.29, 0.717) is 17.0 Å². The monoisotopic (exact) mass is 338 g/mol. The third kappa shape index (κ3) is 7.47. The van der Waals surface area contributed by atoms with Crippen molar-refractivity contribution in [1.82, 2.24) is 0 Å². The maximum absolute atomic E-state index is 11.0. The summed E-state index contributed by atoms with van der Waals surface area (Å²) in [7, 11) is 7.64. The van der Waals surface area contributed by atoms with Crippen LogP contribution in [0.25, 0.3) is 0 Å². The Morgan fingerprint density at radius 2 is 1.35 bits per heavy atom. The molecule has 1 N–H and O–H groups in total. The Bertz CT molecular complexity index is 359. The molecule has 1 fully saturated rings. The zero-order valence-electron chi connectivity index (χ0n) is 16.9. The molecule has 0 aliphatic heterocycles. The predicted octanol–water partition coefficient (Wildman–Crippen LogP) is 5.80. The molecule has 1 aliphatic carbocycles. The number of hydrogen-bond donors (Lipinski definition) is 1. The highest BCUT2D eigenvalue weighted by molar-refractivity contribution is 7.39. The third-order valence-electron chi connectivity index (χ3n) is 5.55. The molecule has 3 heteroatoms. The van der Waals surface area contributed by atoms with Crippen LogP contribution in [0.1, 0.15) is 87.0 Å². The molecule has 0 spiro atoms. The van der Waals surface area contributed by atoms with Gasteiger partial charge in [-0.2, -0.15) is 0 Å². The first-order chi connectivity index (χ1) is 10.2. The van der Waals surface area contributed by atoms with Crippen molar-refractivity contribution >= 4 is 16.4 Å². The molecule has 1 nitrogen and oxygen atoms in total. The van der Waals surface area contributed by atoms with E-state index in [1.54, 1.807) is 0 Å². The van der Waals surface area contributed by atoms with Gasteiger partial charge in [-0.25, -0.2) is 0 Å². The van der Waals surface area contributed by atoms with Crippen molar-refractivity contribution < 1.29 is 5.11 Å². The van der Waals surface area contributed by atoms with Crippen LogP contribution in [0.15, 0.2) is 0 Å². The number of rotatable bonds is 1. The minimum absolute atomic E-state index is 0.0709. The normalized spacial score (nSPS) is 47.2. The van der Waals surface area contributed by atoms with Crippen LogP contribution >= 0.6 is 8.58 Å². The molecule has 0 aromatic rings. The fraction of sp³-hybridized carbons (Fsp3) is 1.00. The van der Waals surface area contributed by atoms with Crippen LogP contribution in [0.5, 0.6) is 0 Å². The Balaban J connectivity index is 3.08. The minimum atomic E-state index is -0.596. The highest BCUT2D eigenvalue weighted by Crippen LogP contribution is 2.50. The first-order valence-corrected chi connectivity index (χ1v) is 10.9. The summed E-state index contributed by atoms with van der Waals surface area (Å²) in [6.07, 6.45) is 6.24. The van der Waals surface area contributed by atoms with Crippen LogP contribution in [0, 0.1) is 17.3 Å². The van der Waals surface area contributed by atoms with Crippen molar-refractivity contribution in [2.75, 3.05) is 6.66 Å². The van der Waals surface area contributed by atoms with Gasteiger partial charge in [0.15, 0.2) is 0 Å². The Kier molecular flexibility index (Phi) is 6.89. The average Bonchev–Trinajstić information content (AvgIpc) is 2.20. The Morgan fingerprint density at radius 1 is 0.870 bits per heavy atom. The molecule has 134 valence electrons. The van der Waals surface area contributed by atoms with E-state index in [2.05, 4.69) is 48.2 Å². The standard InChI is InChI=1S/C20H40BOP/c1-15-9-18(5,21)13-17(3,4)14-19(6,22)10-16(2)12-20(7,11-15)23-8/h15-16,22-23H,9-14H2,1-8H3. The Morgan fingerprint density at radius 3 is 1.83 bits per heavy atom. The predicted molar refractivity (Wildman–Crippen MR) is 107 cm³/mol. The second-order valence-corrected chi connectivity index (χ2v) is 12.2. The van der Waals surface area contributed by atoms with Crippen molar-refractivity contribution in [3.63, 3.8) is 0 Å². The fourth-order valence-electron chi connectivity index (χ4n) is 5.85. The summed E-state index contributed by atoms with van der Waals surface area (Å²) in [5, 5.41) is 11.2. The summed E-state index contributed by atoms with van der Waals surface area (Å²) in [6.45, 7) is 18.3. The fourth-order valence-corrected chi connectivity index (χ4v) is 6.95. The average molecular weight is 338 g/mol. The second-order valence-electron chi connectivity index (χ2n) is 10.5. The molecular formula is C20H40BOP. The smallest absolute Gasteiger partial charge is 0.0742 e. The second kappa shape index (κ2) is 7.37. The Hall–Kier alpha value is 0.455. The molecule has 2 radical (unpaired) electrons. The van der Waals surface area contributed by atoms with Gasteiger partial charge in [0.05, 0.1) is 13.4 Å². The number of aliphatic hydroxyl groups is 1. The molecule has 0 amide bonds. The minimum Gasteiger partial charge on any atom is -0.390 e. The van der Waals surface area contributed by atoms with Crippen LogP contribution in [0.3, 0.4) is 0 Å². The molecular weight excluding hydrogens is 298 g/mol. The maximum atomic E-state index is 11.0. The lowest BCUT2D eigenvalue weighted by Crippen LogP contribution is -2.37. The van der Waals surface area contributed by atoms with E-state index in [9.17, 15) is 5.11 Å². The first kappa shape index (κ1) is 21.5. The van der Waals surface area contributed by atoms with Gasteiger partial charge in [-0.3, -0.25) is 0 Å². The SMILES string of the molecule is [B]C1(C)CC(C)CC(C)(PC)CC(C)CC(C)(O)CC(C)(C)C1. The van der Waals surface area contributed by atoms with Crippen LogP contribution in [-0.2, 0) is 0 Å².